The van der Waals surface area contributed by atoms with Gasteiger partial charge in [0.1, 0.15) is 0 Å². The smallest absolute Gasteiger partial charge is 0.231 e. The molecular weight excluding hydrogens is 318 g/mol. The first-order valence-corrected chi connectivity index (χ1v) is 7.62. The Bertz CT molecular complexity index is 545. The van der Waals surface area contributed by atoms with Gasteiger partial charge in [0.2, 0.25) is 5.91 Å². The van der Waals surface area contributed by atoms with Gasteiger partial charge >= 0.3 is 0 Å². The van der Waals surface area contributed by atoms with Gasteiger partial charge in [-0.15, -0.1) is 0 Å². The lowest BCUT2D eigenvalue weighted by atomic mass is 9.81. The minimum Gasteiger partial charge on any atom is -0.325 e. The van der Waals surface area contributed by atoms with Crippen LogP contribution in [0.25, 0.3) is 0 Å². The van der Waals surface area contributed by atoms with Crippen LogP contribution in [0.5, 0.6) is 0 Å². The van der Waals surface area contributed by atoms with Crippen molar-refractivity contribution < 1.29 is 4.79 Å². The molecule has 1 unspecified atom stereocenters. The third kappa shape index (κ3) is 3.02. The summed E-state index contributed by atoms with van der Waals surface area (Å²) in [5, 5.41) is 15.1. The van der Waals surface area contributed by atoms with Crippen molar-refractivity contribution in [1.82, 2.24) is 5.32 Å². The van der Waals surface area contributed by atoms with Gasteiger partial charge in [0, 0.05) is 11.0 Å². The van der Waals surface area contributed by atoms with E-state index in [1.165, 1.54) is 0 Å². The van der Waals surface area contributed by atoms with Crippen molar-refractivity contribution in [2.75, 3.05) is 18.4 Å². The maximum Gasteiger partial charge on any atom is 0.231 e. The topological polar surface area (TPSA) is 64.9 Å². The fraction of sp³-hybridized carbons (Fsp3) is 0.467. The average Bonchev–Trinajstić information content (AvgIpc) is 2.91. The second-order valence-electron chi connectivity index (χ2n) is 5.22. The van der Waals surface area contributed by atoms with Crippen LogP contribution < -0.4 is 10.6 Å². The first kappa shape index (κ1) is 15.0. The van der Waals surface area contributed by atoms with E-state index in [4.69, 9.17) is 5.26 Å². The maximum atomic E-state index is 12.6. The second kappa shape index (κ2) is 6.38. The van der Waals surface area contributed by atoms with Gasteiger partial charge in [0.05, 0.1) is 22.7 Å². The summed E-state index contributed by atoms with van der Waals surface area (Å²) in [5.74, 6) is 0.0646. The van der Waals surface area contributed by atoms with Crippen molar-refractivity contribution in [2.24, 2.45) is 5.41 Å². The van der Waals surface area contributed by atoms with Gasteiger partial charge in [-0.1, -0.05) is 13.3 Å². The summed E-state index contributed by atoms with van der Waals surface area (Å²) in [6.45, 7) is 3.73. The first-order valence-electron chi connectivity index (χ1n) is 6.83. The van der Waals surface area contributed by atoms with Crippen molar-refractivity contribution in [2.45, 2.75) is 26.2 Å². The summed E-state index contributed by atoms with van der Waals surface area (Å²) < 4.78 is 0.738. The van der Waals surface area contributed by atoms with Gasteiger partial charge < -0.3 is 10.6 Å². The highest BCUT2D eigenvalue weighted by Crippen LogP contribution is 2.33. The molecule has 1 aliphatic heterocycles. The number of nitrogens with one attached hydrogen (secondary N) is 2. The molecule has 20 heavy (non-hydrogen) atoms. The summed E-state index contributed by atoms with van der Waals surface area (Å²) in [5.41, 5.74) is 0.985. The Balaban J connectivity index is 2.16. The number of nitriles is 1. The fourth-order valence-corrected chi connectivity index (χ4v) is 3.16. The maximum absolute atomic E-state index is 12.6. The van der Waals surface area contributed by atoms with Crippen molar-refractivity contribution in [3.05, 3.63) is 28.2 Å². The molecule has 0 spiro atoms. The normalized spacial score (nSPS) is 21.4. The van der Waals surface area contributed by atoms with E-state index < -0.39 is 0 Å². The Labute approximate surface area is 127 Å². The van der Waals surface area contributed by atoms with Crippen LogP contribution in [0.1, 0.15) is 31.7 Å². The molecule has 1 saturated heterocycles. The molecule has 1 amide bonds. The molecule has 5 heteroatoms. The molecule has 2 N–H and O–H groups in total. The van der Waals surface area contributed by atoms with Crippen molar-refractivity contribution >= 4 is 27.5 Å². The van der Waals surface area contributed by atoms with Crippen LogP contribution in [0.2, 0.25) is 0 Å². The van der Waals surface area contributed by atoms with Crippen LogP contribution in [0.15, 0.2) is 22.7 Å². The van der Waals surface area contributed by atoms with Crippen molar-refractivity contribution in [3.63, 3.8) is 0 Å². The molecule has 0 saturated carbocycles. The minimum absolute atomic E-state index is 0.0646. The summed E-state index contributed by atoms with van der Waals surface area (Å²) in [7, 11) is 0. The molecule has 1 fully saturated rings. The number of benzene rings is 1. The average molecular weight is 336 g/mol. The summed E-state index contributed by atoms with van der Waals surface area (Å²) >= 11 is 3.40. The third-order valence-corrected chi connectivity index (χ3v) is 4.46. The molecule has 2 rings (SSSR count). The van der Waals surface area contributed by atoms with Gasteiger partial charge in [-0.3, -0.25) is 4.79 Å². The highest BCUT2D eigenvalue weighted by molar-refractivity contribution is 9.10. The van der Waals surface area contributed by atoms with Crippen molar-refractivity contribution in [3.8, 4) is 6.07 Å². The van der Waals surface area contributed by atoms with E-state index in [0.29, 0.717) is 5.56 Å². The predicted molar refractivity (Wildman–Crippen MR) is 82.3 cm³/mol. The fourth-order valence-electron chi connectivity index (χ4n) is 2.68. The van der Waals surface area contributed by atoms with E-state index in [1.807, 2.05) is 0 Å². The number of nitrogens with zero attached hydrogens (tertiary/aromatic N) is 1. The van der Waals surface area contributed by atoms with E-state index in [9.17, 15) is 4.79 Å². The predicted octanol–water partition coefficient (Wildman–Crippen LogP) is 3.04. The van der Waals surface area contributed by atoms with Gasteiger partial charge in [-0.25, -0.2) is 0 Å². The van der Waals surface area contributed by atoms with Crippen LogP contribution in [0.4, 0.5) is 5.69 Å². The van der Waals surface area contributed by atoms with Crippen molar-refractivity contribution in [1.29, 1.82) is 5.26 Å². The standard InChI is InChI=1S/C15H18BrN3O/c1-2-5-15(6-7-18-10-15)14(20)19-13-4-3-11(9-17)8-12(13)16/h3-4,8,18H,2,5-7,10H2,1H3,(H,19,20). The van der Waals surface area contributed by atoms with E-state index in [0.717, 1.165) is 42.5 Å². The Morgan fingerprint density at radius 1 is 1.60 bits per heavy atom. The number of rotatable bonds is 4. The zero-order valence-electron chi connectivity index (χ0n) is 11.5. The molecule has 1 aromatic carbocycles. The quantitative estimate of drug-likeness (QED) is 0.888. The number of hydrogen-bond donors (Lipinski definition) is 2. The van der Waals surface area contributed by atoms with E-state index in [2.05, 4.69) is 39.6 Å². The number of amides is 1. The third-order valence-electron chi connectivity index (χ3n) is 3.80. The number of halogens is 1. The number of anilines is 1. The second-order valence-corrected chi connectivity index (χ2v) is 6.07. The molecule has 1 atom stereocenters. The Hall–Kier alpha value is -1.38. The molecule has 0 radical (unpaired) electrons. The number of hydrogen-bond acceptors (Lipinski definition) is 3. The van der Waals surface area contributed by atoms with Gasteiger partial charge in [-0.05, 0) is 53.5 Å². The lowest BCUT2D eigenvalue weighted by Gasteiger charge is -2.26. The number of carbonyl (C=O) groups excluding carboxylic acids is 1. The molecule has 1 aliphatic rings. The van der Waals surface area contributed by atoms with Crippen LogP contribution in [-0.2, 0) is 4.79 Å². The Kier molecular flexibility index (Phi) is 4.79. The van der Waals surface area contributed by atoms with Gasteiger partial charge in [0.25, 0.3) is 0 Å². The summed E-state index contributed by atoms with van der Waals surface area (Å²) in [6.07, 6.45) is 2.75. The molecule has 106 valence electrons. The first-order chi connectivity index (χ1) is 9.61. The van der Waals surface area contributed by atoms with Crippen LogP contribution >= 0.6 is 15.9 Å². The zero-order chi connectivity index (χ0) is 14.6. The lowest BCUT2D eigenvalue weighted by Crippen LogP contribution is -2.38. The lowest BCUT2D eigenvalue weighted by molar-refractivity contribution is -0.125. The summed E-state index contributed by atoms with van der Waals surface area (Å²) in [4.78, 5) is 12.6. The molecule has 1 heterocycles. The highest BCUT2D eigenvalue weighted by Gasteiger charge is 2.40. The van der Waals surface area contributed by atoms with Crippen LogP contribution in [0, 0.1) is 16.7 Å². The molecule has 0 bridgehead atoms. The number of carbonyl (C=O) groups is 1. The largest absolute Gasteiger partial charge is 0.325 e. The van der Waals surface area contributed by atoms with Crippen LogP contribution in [-0.4, -0.2) is 19.0 Å². The minimum atomic E-state index is -0.303. The zero-order valence-corrected chi connectivity index (χ0v) is 13.1. The Morgan fingerprint density at radius 2 is 2.40 bits per heavy atom. The Morgan fingerprint density at radius 3 is 2.95 bits per heavy atom. The summed E-state index contributed by atoms with van der Waals surface area (Å²) in [6, 6.07) is 7.27. The molecular formula is C15H18BrN3O. The molecule has 0 aliphatic carbocycles. The van der Waals surface area contributed by atoms with E-state index >= 15 is 0 Å². The molecule has 0 aromatic heterocycles. The van der Waals surface area contributed by atoms with Gasteiger partial charge in [0.15, 0.2) is 0 Å². The van der Waals surface area contributed by atoms with E-state index in [-0.39, 0.29) is 11.3 Å². The highest BCUT2D eigenvalue weighted by atomic mass is 79.9. The monoisotopic (exact) mass is 335 g/mol. The SMILES string of the molecule is CCCC1(C(=O)Nc2ccc(C#N)cc2Br)CCNC1. The molecule has 1 aromatic rings. The van der Waals surface area contributed by atoms with Crippen LogP contribution in [0.3, 0.4) is 0 Å². The van der Waals surface area contributed by atoms with E-state index in [1.54, 1.807) is 18.2 Å². The van der Waals surface area contributed by atoms with Gasteiger partial charge in [-0.2, -0.15) is 5.26 Å². The molecule has 4 nitrogen and oxygen atoms in total.